The number of rotatable bonds is 4. The Morgan fingerprint density at radius 1 is 1.17 bits per heavy atom. The lowest BCUT2D eigenvalue weighted by atomic mass is 10.1. The van der Waals surface area contributed by atoms with E-state index in [-0.39, 0.29) is 5.71 Å². The number of hydrogen-bond acceptors (Lipinski definition) is 5. The van der Waals surface area contributed by atoms with Crippen molar-refractivity contribution in [1.29, 1.82) is 5.26 Å². The molecule has 0 fully saturated rings. The third-order valence-electron chi connectivity index (χ3n) is 3.30. The van der Waals surface area contributed by atoms with Crippen LogP contribution < -0.4 is 5.43 Å². The molecule has 0 spiro atoms. The van der Waals surface area contributed by atoms with Crippen molar-refractivity contribution in [3.63, 3.8) is 0 Å². The molecular weight excluding hydrogens is 384 g/mol. The highest BCUT2D eigenvalue weighted by Gasteiger charge is 2.10. The molecule has 118 valence electrons. The molecule has 4 nitrogen and oxygen atoms in total. The summed E-state index contributed by atoms with van der Waals surface area (Å²) < 4.78 is 0.986. The van der Waals surface area contributed by atoms with Crippen LogP contribution in [0.4, 0.5) is 5.69 Å². The standard InChI is InChI=1S/C18H13BrN4S/c1-12-2-4-13(5-3-12)17-11-24-18(21-17)16(10-20)23-22-15-8-6-14(19)7-9-15/h2-9,11,22H,1H3. The van der Waals surface area contributed by atoms with Gasteiger partial charge in [0.05, 0.1) is 11.4 Å². The number of benzene rings is 2. The number of nitrogens with zero attached hydrogens (tertiary/aromatic N) is 3. The summed E-state index contributed by atoms with van der Waals surface area (Å²) in [6.45, 7) is 2.05. The second-order valence-corrected chi connectivity index (χ2v) is 6.87. The summed E-state index contributed by atoms with van der Waals surface area (Å²) in [5.74, 6) is 0. The van der Waals surface area contributed by atoms with Gasteiger partial charge in [-0.25, -0.2) is 4.98 Å². The molecule has 1 aromatic heterocycles. The Morgan fingerprint density at radius 3 is 2.54 bits per heavy atom. The normalized spacial score (nSPS) is 11.1. The van der Waals surface area contributed by atoms with E-state index >= 15 is 0 Å². The van der Waals surface area contributed by atoms with Crippen LogP contribution in [0.2, 0.25) is 0 Å². The predicted octanol–water partition coefficient (Wildman–Crippen LogP) is 5.22. The topological polar surface area (TPSA) is 61.1 Å². The summed E-state index contributed by atoms with van der Waals surface area (Å²) in [4.78, 5) is 4.53. The maximum Gasteiger partial charge on any atom is 0.196 e. The molecule has 0 saturated carbocycles. The molecule has 0 bridgehead atoms. The maximum absolute atomic E-state index is 9.36. The van der Waals surface area contributed by atoms with Crippen molar-refractivity contribution in [2.24, 2.45) is 5.10 Å². The molecule has 1 N–H and O–H groups in total. The van der Waals surface area contributed by atoms with Gasteiger partial charge < -0.3 is 0 Å². The molecule has 0 aliphatic rings. The van der Waals surface area contributed by atoms with E-state index in [1.54, 1.807) is 0 Å². The molecule has 24 heavy (non-hydrogen) atoms. The number of anilines is 1. The molecule has 2 aromatic carbocycles. The Labute approximate surface area is 152 Å². The van der Waals surface area contributed by atoms with Gasteiger partial charge in [0.25, 0.3) is 0 Å². The van der Waals surface area contributed by atoms with Gasteiger partial charge in [-0.05, 0) is 31.2 Å². The largest absolute Gasteiger partial charge is 0.277 e. The van der Waals surface area contributed by atoms with Crippen LogP contribution in [0.1, 0.15) is 10.6 Å². The van der Waals surface area contributed by atoms with E-state index in [9.17, 15) is 5.26 Å². The zero-order valence-corrected chi connectivity index (χ0v) is 15.2. The van der Waals surface area contributed by atoms with E-state index in [1.807, 2.05) is 60.8 Å². The number of aryl methyl sites for hydroxylation is 1. The smallest absolute Gasteiger partial charge is 0.196 e. The van der Waals surface area contributed by atoms with Crippen molar-refractivity contribution >= 4 is 38.7 Å². The third kappa shape index (κ3) is 3.88. The van der Waals surface area contributed by atoms with Crippen molar-refractivity contribution < 1.29 is 0 Å². The number of hydrogen-bond donors (Lipinski definition) is 1. The van der Waals surface area contributed by atoms with Crippen LogP contribution in [0.15, 0.2) is 63.5 Å². The average molecular weight is 397 g/mol. The molecule has 3 aromatic rings. The first kappa shape index (κ1) is 16.4. The number of nitrogens with one attached hydrogen (secondary N) is 1. The molecule has 0 saturated heterocycles. The van der Waals surface area contributed by atoms with Gasteiger partial charge in [0, 0.05) is 15.4 Å². The Bertz CT molecular complexity index is 905. The number of hydrazone groups is 1. The summed E-state index contributed by atoms with van der Waals surface area (Å²) in [6, 6.07) is 17.8. The number of thiazole rings is 1. The predicted molar refractivity (Wildman–Crippen MR) is 102 cm³/mol. The van der Waals surface area contributed by atoms with Crippen molar-refractivity contribution in [1.82, 2.24) is 4.98 Å². The fourth-order valence-electron chi connectivity index (χ4n) is 2.00. The van der Waals surface area contributed by atoms with Crippen LogP contribution in [-0.4, -0.2) is 10.7 Å². The lowest BCUT2D eigenvalue weighted by molar-refractivity contribution is 1.31. The van der Waals surface area contributed by atoms with Crippen molar-refractivity contribution in [2.45, 2.75) is 6.92 Å². The molecule has 0 atom stereocenters. The van der Waals surface area contributed by atoms with E-state index in [1.165, 1.54) is 16.9 Å². The van der Waals surface area contributed by atoms with Gasteiger partial charge in [0.2, 0.25) is 0 Å². The lowest BCUT2D eigenvalue weighted by Gasteiger charge is -2.00. The number of halogens is 1. The monoisotopic (exact) mass is 396 g/mol. The Hall–Kier alpha value is -2.49. The van der Waals surface area contributed by atoms with Crippen molar-refractivity contribution in [2.75, 3.05) is 5.43 Å². The Kier molecular flexibility index (Phi) is 5.04. The number of aromatic nitrogens is 1. The Balaban J connectivity index is 1.81. The first-order chi connectivity index (χ1) is 11.7. The van der Waals surface area contributed by atoms with Crippen LogP contribution in [-0.2, 0) is 0 Å². The minimum Gasteiger partial charge on any atom is -0.277 e. The second kappa shape index (κ2) is 7.39. The van der Waals surface area contributed by atoms with Crippen LogP contribution >= 0.6 is 27.3 Å². The molecular formula is C18H13BrN4S. The Morgan fingerprint density at radius 2 is 1.88 bits per heavy atom. The molecule has 0 aliphatic heterocycles. The van der Waals surface area contributed by atoms with E-state index in [0.717, 1.165) is 21.4 Å². The van der Waals surface area contributed by atoms with Gasteiger partial charge in [0.15, 0.2) is 10.7 Å². The van der Waals surface area contributed by atoms with Crippen LogP contribution in [0.3, 0.4) is 0 Å². The summed E-state index contributed by atoms with van der Waals surface area (Å²) in [5.41, 5.74) is 7.04. The molecule has 1 heterocycles. The van der Waals surface area contributed by atoms with Gasteiger partial charge in [-0.1, -0.05) is 45.8 Å². The lowest BCUT2D eigenvalue weighted by Crippen LogP contribution is -2.01. The maximum atomic E-state index is 9.36. The minimum absolute atomic E-state index is 0.265. The summed E-state index contributed by atoms with van der Waals surface area (Å²) >= 11 is 4.79. The molecule has 3 rings (SSSR count). The fourth-order valence-corrected chi connectivity index (χ4v) is 3.04. The fraction of sp³-hybridized carbons (Fsp3) is 0.0556. The zero-order chi connectivity index (χ0) is 16.9. The van der Waals surface area contributed by atoms with E-state index in [2.05, 4.69) is 37.5 Å². The molecule has 0 amide bonds. The van der Waals surface area contributed by atoms with E-state index in [0.29, 0.717) is 5.01 Å². The molecule has 0 radical (unpaired) electrons. The molecule has 0 unspecified atom stereocenters. The van der Waals surface area contributed by atoms with Crippen molar-refractivity contribution in [3.05, 3.63) is 69.0 Å². The summed E-state index contributed by atoms with van der Waals surface area (Å²) in [5, 5.41) is 16.1. The van der Waals surface area contributed by atoms with Gasteiger partial charge in [-0.3, -0.25) is 5.43 Å². The van der Waals surface area contributed by atoms with Crippen LogP contribution in [0, 0.1) is 18.3 Å². The highest BCUT2D eigenvalue weighted by molar-refractivity contribution is 9.10. The molecule has 6 heteroatoms. The van der Waals surface area contributed by atoms with Gasteiger partial charge in [0.1, 0.15) is 6.07 Å². The van der Waals surface area contributed by atoms with E-state index in [4.69, 9.17) is 0 Å². The zero-order valence-electron chi connectivity index (χ0n) is 12.8. The number of nitriles is 1. The third-order valence-corrected chi connectivity index (χ3v) is 4.68. The first-order valence-electron chi connectivity index (χ1n) is 7.18. The summed E-state index contributed by atoms with van der Waals surface area (Å²) in [7, 11) is 0. The first-order valence-corrected chi connectivity index (χ1v) is 8.85. The van der Waals surface area contributed by atoms with Gasteiger partial charge in [-0.15, -0.1) is 11.3 Å². The highest BCUT2D eigenvalue weighted by atomic mass is 79.9. The van der Waals surface area contributed by atoms with Gasteiger partial charge >= 0.3 is 0 Å². The van der Waals surface area contributed by atoms with Gasteiger partial charge in [-0.2, -0.15) is 10.4 Å². The SMILES string of the molecule is Cc1ccc(-c2csc(C(C#N)=NNc3ccc(Br)cc3)n2)cc1. The average Bonchev–Trinajstić information content (AvgIpc) is 3.08. The van der Waals surface area contributed by atoms with Crippen LogP contribution in [0.5, 0.6) is 0 Å². The van der Waals surface area contributed by atoms with E-state index < -0.39 is 0 Å². The minimum atomic E-state index is 0.265. The second-order valence-electron chi connectivity index (χ2n) is 5.09. The van der Waals surface area contributed by atoms with Crippen LogP contribution in [0.25, 0.3) is 11.3 Å². The quantitative estimate of drug-likeness (QED) is 0.485. The van der Waals surface area contributed by atoms with Crippen molar-refractivity contribution in [3.8, 4) is 17.3 Å². The summed E-state index contributed by atoms with van der Waals surface area (Å²) in [6.07, 6.45) is 0. The molecule has 0 aliphatic carbocycles. The highest BCUT2D eigenvalue weighted by Crippen LogP contribution is 2.23.